The Morgan fingerprint density at radius 2 is 1.93 bits per heavy atom. The first-order valence-corrected chi connectivity index (χ1v) is 9.81. The van der Waals surface area contributed by atoms with Crippen LogP contribution in [0.3, 0.4) is 0 Å². The summed E-state index contributed by atoms with van der Waals surface area (Å²) < 4.78 is 5.36. The third kappa shape index (κ3) is 5.31. The Morgan fingerprint density at radius 1 is 1.21 bits per heavy atom. The number of nitrogens with zero attached hydrogens (tertiary/aromatic N) is 2. The third-order valence-corrected chi connectivity index (χ3v) is 4.99. The molecular formula is C20H19ClN4O2S. The third-order valence-electron chi connectivity index (χ3n) is 3.69. The highest BCUT2D eigenvalue weighted by molar-refractivity contribution is 7.17. The minimum absolute atomic E-state index is 0.318. The number of ether oxygens (including phenoxy) is 1. The first-order valence-electron chi connectivity index (χ1n) is 8.61. The van der Waals surface area contributed by atoms with Crippen molar-refractivity contribution in [2.45, 2.75) is 13.8 Å². The molecule has 0 unspecified atom stereocenters. The highest BCUT2D eigenvalue weighted by Gasteiger charge is 2.09. The van der Waals surface area contributed by atoms with Crippen molar-refractivity contribution in [3.63, 3.8) is 0 Å². The van der Waals surface area contributed by atoms with Gasteiger partial charge >= 0.3 is 0 Å². The van der Waals surface area contributed by atoms with E-state index in [-0.39, 0.29) is 5.91 Å². The molecule has 28 heavy (non-hydrogen) atoms. The Balaban J connectivity index is 1.60. The molecule has 0 fully saturated rings. The van der Waals surface area contributed by atoms with Gasteiger partial charge in [0.15, 0.2) is 10.3 Å². The first-order chi connectivity index (χ1) is 13.5. The van der Waals surface area contributed by atoms with Crippen LogP contribution in [0.5, 0.6) is 5.75 Å². The number of carbonyl (C=O) groups excluding carboxylic acids is 1. The summed E-state index contributed by atoms with van der Waals surface area (Å²) in [4.78, 5) is 17.0. The van der Waals surface area contributed by atoms with Gasteiger partial charge in [0, 0.05) is 11.3 Å². The van der Waals surface area contributed by atoms with Crippen molar-refractivity contribution in [3.05, 3.63) is 69.7 Å². The number of hydrogen-bond acceptors (Lipinski definition) is 6. The molecule has 0 aliphatic heterocycles. The molecule has 0 atom stereocenters. The Hall–Kier alpha value is -2.90. The van der Waals surface area contributed by atoms with Gasteiger partial charge < -0.3 is 10.1 Å². The largest absolute Gasteiger partial charge is 0.494 e. The average molecular weight is 415 g/mol. The number of halogens is 1. The predicted octanol–water partition coefficient (Wildman–Crippen LogP) is 5.01. The molecule has 0 aliphatic carbocycles. The molecule has 6 nitrogen and oxygen atoms in total. The number of carbonyl (C=O) groups is 1. The van der Waals surface area contributed by atoms with Crippen LogP contribution in [0, 0.1) is 6.92 Å². The lowest BCUT2D eigenvalue weighted by molar-refractivity contribution is 0.0955. The maximum atomic E-state index is 12.1. The van der Waals surface area contributed by atoms with E-state index in [4.69, 9.17) is 16.3 Å². The number of hydrogen-bond donors (Lipinski definition) is 2. The van der Waals surface area contributed by atoms with E-state index in [1.165, 1.54) is 23.1 Å². The van der Waals surface area contributed by atoms with E-state index in [1.807, 2.05) is 38.1 Å². The van der Waals surface area contributed by atoms with Crippen molar-refractivity contribution in [3.8, 4) is 5.75 Å². The maximum absolute atomic E-state index is 12.1. The highest BCUT2D eigenvalue weighted by atomic mass is 35.5. The molecule has 1 heterocycles. The van der Waals surface area contributed by atoms with Gasteiger partial charge in [0.25, 0.3) is 5.91 Å². The number of rotatable bonds is 7. The lowest BCUT2D eigenvalue weighted by Gasteiger charge is -2.03. The molecule has 0 aliphatic rings. The van der Waals surface area contributed by atoms with Gasteiger partial charge in [-0.3, -0.25) is 4.79 Å². The second-order valence-electron chi connectivity index (χ2n) is 5.82. The number of benzene rings is 2. The summed E-state index contributed by atoms with van der Waals surface area (Å²) in [6, 6.07) is 14.8. The molecular weight excluding hydrogens is 396 g/mol. The standard InChI is InChI=1S/C20H19ClN4O2S/c1-3-27-16-10-6-14(7-11-16)19(26)25-22-12-17-18(21)24-20(28-17)23-15-8-4-13(2)5-9-15/h4-12H,3H2,1-2H3,(H,23,24)(H,25,26)/b22-12+. The lowest BCUT2D eigenvalue weighted by Crippen LogP contribution is -2.17. The number of hydrazone groups is 1. The number of aromatic nitrogens is 1. The summed E-state index contributed by atoms with van der Waals surface area (Å²) >= 11 is 7.50. The van der Waals surface area contributed by atoms with Crippen molar-refractivity contribution < 1.29 is 9.53 Å². The van der Waals surface area contributed by atoms with E-state index in [0.29, 0.717) is 33.1 Å². The summed E-state index contributed by atoms with van der Waals surface area (Å²) in [7, 11) is 0. The van der Waals surface area contributed by atoms with Crippen LogP contribution in [-0.2, 0) is 0 Å². The molecule has 0 saturated carbocycles. The summed E-state index contributed by atoms with van der Waals surface area (Å²) in [6.07, 6.45) is 1.48. The van der Waals surface area contributed by atoms with Crippen LogP contribution < -0.4 is 15.5 Å². The molecule has 1 amide bonds. The lowest BCUT2D eigenvalue weighted by atomic mass is 10.2. The number of amides is 1. The normalized spacial score (nSPS) is 10.8. The van der Waals surface area contributed by atoms with E-state index in [9.17, 15) is 4.79 Å². The van der Waals surface area contributed by atoms with Crippen molar-refractivity contribution >= 4 is 45.9 Å². The van der Waals surface area contributed by atoms with Gasteiger partial charge in [-0.05, 0) is 50.2 Å². The van der Waals surface area contributed by atoms with Crippen LogP contribution in [0.1, 0.15) is 27.7 Å². The fourth-order valence-electron chi connectivity index (χ4n) is 2.29. The molecule has 3 aromatic rings. The fourth-order valence-corrected chi connectivity index (χ4v) is 3.34. The molecule has 0 saturated heterocycles. The van der Waals surface area contributed by atoms with Gasteiger partial charge in [0.05, 0.1) is 17.7 Å². The molecule has 1 aromatic heterocycles. The number of anilines is 2. The minimum atomic E-state index is -0.321. The minimum Gasteiger partial charge on any atom is -0.494 e. The van der Waals surface area contributed by atoms with Gasteiger partial charge in [-0.2, -0.15) is 5.10 Å². The first kappa shape index (κ1) is 19.9. The van der Waals surface area contributed by atoms with Crippen molar-refractivity contribution in [2.24, 2.45) is 5.10 Å². The van der Waals surface area contributed by atoms with Crippen molar-refractivity contribution in [2.75, 3.05) is 11.9 Å². The highest BCUT2D eigenvalue weighted by Crippen LogP contribution is 2.28. The Morgan fingerprint density at radius 3 is 2.61 bits per heavy atom. The van der Waals surface area contributed by atoms with Crippen molar-refractivity contribution in [1.82, 2.24) is 10.4 Å². The fraction of sp³-hybridized carbons (Fsp3) is 0.150. The van der Waals surface area contributed by atoms with Crippen LogP contribution in [0.15, 0.2) is 53.6 Å². The van der Waals surface area contributed by atoms with Crippen molar-refractivity contribution in [1.29, 1.82) is 0 Å². The monoisotopic (exact) mass is 414 g/mol. The summed E-state index contributed by atoms with van der Waals surface area (Å²) in [5.41, 5.74) is 5.06. The van der Waals surface area contributed by atoms with E-state index >= 15 is 0 Å². The molecule has 2 N–H and O–H groups in total. The second kappa shape index (κ2) is 9.34. The van der Waals surface area contributed by atoms with Gasteiger partial charge in [-0.25, -0.2) is 10.4 Å². The molecule has 3 rings (SSSR count). The van der Waals surface area contributed by atoms with Crippen LogP contribution >= 0.6 is 22.9 Å². The molecule has 0 bridgehead atoms. The van der Waals surface area contributed by atoms with E-state index in [0.717, 1.165) is 5.69 Å². The Labute approximate surface area is 172 Å². The zero-order valence-corrected chi connectivity index (χ0v) is 17.0. The molecule has 0 spiro atoms. The predicted molar refractivity (Wildman–Crippen MR) is 114 cm³/mol. The van der Waals surface area contributed by atoms with E-state index < -0.39 is 0 Å². The summed E-state index contributed by atoms with van der Waals surface area (Å²) in [5, 5.41) is 8.13. The van der Waals surface area contributed by atoms with E-state index in [2.05, 4.69) is 20.8 Å². The van der Waals surface area contributed by atoms with Gasteiger partial charge in [0.2, 0.25) is 0 Å². The summed E-state index contributed by atoms with van der Waals surface area (Å²) in [5.74, 6) is 0.394. The molecule has 0 radical (unpaired) electrons. The Bertz CT molecular complexity index is 969. The van der Waals surface area contributed by atoms with Gasteiger partial charge in [-0.1, -0.05) is 40.6 Å². The van der Waals surface area contributed by atoms with Crippen LogP contribution in [0.2, 0.25) is 5.15 Å². The second-order valence-corrected chi connectivity index (χ2v) is 7.21. The zero-order chi connectivity index (χ0) is 19.9. The molecule has 8 heteroatoms. The summed E-state index contributed by atoms with van der Waals surface area (Å²) in [6.45, 7) is 4.51. The molecule has 144 valence electrons. The zero-order valence-electron chi connectivity index (χ0n) is 15.4. The van der Waals surface area contributed by atoms with Crippen LogP contribution in [0.25, 0.3) is 0 Å². The van der Waals surface area contributed by atoms with Crippen LogP contribution in [-0.4, -0.2) is 23.7 Å². The Kier molecular flexibility index (Phi) is 6.62. The van der Waals surface area contributed by atoms with Gasteiger partial charge in [0.1, 0.15) is 5.75 Å². The smallest absolute Gasteiger partial charge is 0.271 e. The number of thiazole rings is 1. The maximum Gasteiger partial charge on any atom is 0.271 e. The number of nitrogens with one attached hydrogen (secondary N) is 2. The van der Waals surface area contributed by atoms with Crippen LogP contribution in [0.4, 0.5) is 10.8 Å². The number of aryl methyl sites for hydroxylation is 1. The topological polar surface area (TPSA) is 75.6 Å². The molecule has 2 aromatic carbocycles. The average Bonchev–Trinajstić information content (AvgIpc) is 3.03. The van der Waals surface area contributed by atoms with E-state index in [1.54, 1.807) is 24.3 Å². The SMILES string of the molecule is CCOc1ccc(C(=O)N/N=C/c2sc(Nc3ccc(C)cc3)nc2Cl)cc1. The van der Waals surface area contributed by atoms with Gasteiger partial charge in [-0.15, -0.1) is 0 Å². The quantitative estimate of drug-likeness (QED) is 0.421.